The van der Waals surface area contributed by atoms with Crippen molar-refractivity contribution in [2.75, 3.05) is 6.54 Å². The highest BCUT2D eigenvalue weighted by Gasteiger charge is 2.24. The number of nitrogens with one attached hydrogen (secondary N) is 1. The van der Waals surface area contributed by atoms with Crippen molar-refractivity contribution < 1.29 is 14.7 Å². The molecule has 2 N–H and O–H groups in total. The first-order valence-electron chi connectivity index (χ1n) is 7.29. The second-order valence-electron chi connectivity index (χ2n) is 5.63. The van der Waals surface area contributed by atoms with E-state index in [4.69, 9.17) is 0 Å². The molecule has 4 nitrogen and oxygen atoms in total. The number of rotatable bonds is 7. The van der Waals surface area contributed by atoms with E-state index in [0.717, 1.165) is 24.0 Å². The van der Waals surface area contributed by atoms with Gasteiger partial charge >= 0.3 is 5.97 Å². The molecular formula is C17H21NO3. The van der Waals surface area contributed by atoms with E-state index in [-0.39, 0.29) is 12.5 Å². The number of aliphatic carboxylic acids is 1. The lowest BCUT2D eigenvalue weighted by molar-refractivity contribution is -0.141. The summed E-state index contributed by atoms with van der Waals surface area (Å²) in [6, 6.07) is 9.46. The first-order valence-corrected chi connectivity index (χ1v) is 7.29. The van der Waals surface area contributed by atoms with Crippen LogP contribution in [0, 0.1) is 11.8 Å². The molecule has 1 aromatic rings. The fourth-order valence-electron chi connectivity index (χ4n) is 2.28. The van der Waals surface area contributed by atoms with E-state index in [1.54, 1.807) is 6.08 Å². The monoisotopic (exact) mass is 287 g/mol. The van der Waals surface area contributed by atoms with E-state index in [1.807, 2.05) is 37.3 Å². The van der Waals surface area contributed by atoms with Crippen LogP contribution >= 0.6 is 0 Å². The second kappa shape index (κ2) is 7.07. The van der Waals surface area contributed by atoms with Gasteiger partial charge in [0.2, 0.25) is 5.91 Å². The smallest absolute Gasteiger partial charge is 0.308 e. The van der Waals surface area contributed by atoms with Crippen LogP contribution < -0.4 is 5.32 Å². The van der Waals surface area contributed by atoms with Gasteiger partial charge in [-0.2, -0.15) is 0 Å². The van der Waals surface area contributed by atoms with Gasteiger partial charge in [0.25, 0.3) is 0 Å². The molecule has 1 saturated carbocycles. The molecule has 0 heterocycles. The minimum atomic E-state index is -0.887. The van der Waals surface area contributed by atoms with Crippen molar-refractivity contribution in [3.8, 4) is 0 Å². The average molecular weight is 287 g/mol. The van der Waals surface area contributed by atoms with Gasteiger partial charge in [-0.05, 0) is 37.7 Å². The Morgan fingerprint density at radius 1 is 1.33 bits per heavy atom. The predicted octanol–water partition coefficient (Wildman–Crippen LogP) is 2.40. The van der Waals surface area contributed by atoms with Crippen molar-refractivity contribution in [1.29, 1.82) is 0 Å². The molecule has 2 rings (SSSR count). The standard InChI is InChI=1S/C17H21NO3/c1-12(14-7-8-14)9-16(19)18-11-15(17(20)21)10-13-5-3-2-4-6-13/h2-6,9,14-15H,7-8,10-11H2,1H3,(H,18,19)(H,20,21)/b12-9+/t15-/m1/s1. The Balaban J connectivity index is 1.86. The summed E-state index contributed by atoms with van der Waals surface area (Å²) in [5.74, 6) is -1.14. The number of amides is 1. The molecule has 0 spiro atoms. The summed E-state index contributed by atoms with van der Waals surface area (Å²) in [6.07, 6.45) is 4.32. The molecule has 0 bridgehead atoms. The van der Waals surface area contributed by atoms with E-state index < -0.39 is 11.9 Å². The quantitative estimate of drug-likeness (QED) is 0.757. The van der Waals surface area contributed by atoms with Crippen molar-refractivity contribution in [1.82, 2.24) is 5.32 Å². The van der Waals surface area contributed by atoms with Crippen LogP contribution in [-0.2, 0) is 16.0 Å². The van der Waals surface area contributed by atoms with Crippen LogP contribution in [0.2, 0.25) is 0 Å². The van der Waals surface area contributed by atoms with E-state index >= 15 is 0 Å². The summed E-state index contributed by atoms with van der Waals surface area (Å²) in [4.78, 5) is 23.1. The first-order chi connectivity index (χ1) is 10.1. The summed E-state index contributed by atoms with van der Waals surface area (Å²) in [6.45, 7) is 2.10. The van der Waals surface area contributed by atoms with Gasteiger partial charge in [-0.3, -0.25) is 9.59 Å². The van der Waals surface area contributed by atoms with Gasteiger partial charge in [0.05, 0.1) is 5.92 Å². The molecule has 1 fully saturated rings. The lowest BCUT2D eigenvalue weighted by Gasteiger charge is -2.13. The number of carbonyl (C=O) groups excluding carboxylic acids is 1. The maximum Gasteiger partial charge on any atom is 0.308 e. The number of hydrogen-bond acceptors (Lipinski definition) is 2. The van der Waals surface area contributed by atoms with Crippen molar-refractivity contribution in [3.05, 3.63) is 47.5 Å². The highest BCUT2D eigenvalue weighted by Crippen LogP contribution is 2.35. The normalized spacial score (nSPS) is 16.3. The molecule has 1 aliphatic rings. The van der Waals surface area contributed by atoms with Gasteiger partial charge in [0.15, 0.2) is 0 Å². The fourth-order valence-corrected chi connectivity index (χ4v) is 2.28. The van der Waals surface area contributed by atoms with Crippen LogP contribution in [-0.4, -0.2) is 23.5 Å². The summed E-state index contributed by atoms with van der Waals surface area (Å²) >= 11 is 0. The second-order valence-corrected chi connectivity index (χ2v) is 5.63. The fraction of sp³-hybridized carbons (Fsp3) is 0.412. The summed E-state index contributed by atoms with van der Waals surface area (Å²) in [7, 11) is 0. The molecule has 0 radical (unpaired) electrons. The molecule has 1 amide bonds. The van der Waals surface area contributed by atoms with Crippen LogP contribution in [0.15, 0.2) is 42.0 Å². The molecule has 0 aliphatic heterocycles. The third kappa shape index (κ3) is 5.06. The summed E-state index contributed by atoms with van der Waals surface area (Å²) < 4.78 is 0. The minimum Gasteiger partial charge on any atom is -0.481 e. The molecule has 0 unspecified atom stereocenters. The van der Waals surface area contributed by atoms with Gasteiger partial charge in [0.1, 0.15) is 0 Å². The van der Waals surface area contributed by atoms with Crippen molar-refractivity contribution in [3.63, 3.8) is 0 Å². The zero-order valence-electron chi connectivity index (χ0n) is 12.2. The molecule has 1 atom stereocenters. The molecule has 1 aliphatic carbocycles. The number of carbonyl (C=O) groups is 2. The topological polar surface area (TPSA) is 66.4 Å². The first kappa shape index (κ1) is 15.3. The Bertz CT molecular complexity index is 532. The van der Waals surface area contributed by atoms with E-state index in [1.165, 1.54) is 0 Å². The molecular weight excluding hydrogens is 266 g/mol. The Kier molecular flexibility index (Phi) is 5.14. The molecule has 112 valence electrons. The molecule has 21 heavy (non-hydrogen) atoms. The Morgan fingerprint density at radius 3 is 2.57 bits per heavy atom. The number of benzene rings is 1. The van der Waals surface area contributed by atoms with Gasteiger partial charge in [-0.15, -0.1) is 0 Å². The Morgan fingerprint density at radius 2 is 2.00 bits per heavy atom. The van der Waals surface area contributed by atoms with Gasteiger partial charge in [-0.25, -0.2) is 0 Å². The molecule has 1 aromatic carbocycles. The number of hydrogen-bond donors (Lipinski definition) is 2. The summed E-state index contributed by atoms with van der Waals surface area (Å²) in [5.41, 5.74) is 2.05. The van der Waals surface area contributed by atoms with E-state index in [0.29, 0.717) is 12.3 Å². The zero-order chi connectivity index (χ0) is 15.2. The zero-order valence-corrected chi connectivity index (χ0v) is 12.2. The third-order valence-corrected chi connectivity index (χ3v) is 3.78. The number of carboxylic acid groups (broad SMARTS) is 1. The highest BCUT2D eigenvalue weighted by atomic mass is 16.4. The maximum absolute atomic E-state index is 11.8. The van der Waals surface area contributed by atoms with Gasteiger partial charge in [0, 0.05) is 12.6 Å². The molecule has 4 heteroatoms. The largest absolute Gasteiger partial charge is 0.481 e. The van der Waals surface area contributed by atoms with Crippen LogP contribution in [0.5, 0.6) is 0 Å². The highest BCUT2D eigenvalue weighted by molar-refractivity contribution is 5.88. The van der Waals surface area contributed by atoms with Crippen LogP contribution in [0.25, 0.3) is 0 Å². The SMILES string of the molecule is C/C(=C\C(=O)NC[C@@H](Cc1ccccc1)C(=O)O)C1CC1. The van der Waals surface area contributed by atoms with Gasteiger partial charge in [-0.1, -0.05) is 35.9 Å². The van der Waals surface area contributed by atoms with Crippen molar-refractivity contribution in [2.24, 2.45) is 11.8 Å². The summed E-state index contributed by atoms with van der Waals surface area (Å²) in [5, 5.41) is 12.0. The predicted molar refractivity (Wildman–Crippen MR) is 80.8 cm³/mol. The van der Waals surface area contributed by atoms with E-state index in [9.17, 15) is 14.7 Å². The number of carboxylic acids is 1. The van der Waals surface area contributed by atoms with Crippen LogP contribution in [0.4, 0.5) is 0 Å². The van der Waals surface area contributed by atoms with Crippen molar-refractivity contribution in [2.45, 2.75) is 26.2 Å². The van der Waals surface area contributed by atoms with Crippen molar-refractivity contribution >= 4 is 11.9 Å². The molecule has 0 saturated heterocycles. The lowest BCUT2D eigenvalue weighted by atomic mass is 9.99. The number of allylic oxidation sites excluding steroid dienone is 1. The maximum atomic E-state index is 11.8. The lowest BCUT2D eigenvalue weighted by Crippen LogP contribution is -2.33. The van der Waals surface area contributed by atoms with E-state index in [2.05, 4.69) is 5.32 Å². The van der Waals surface area contributed by atoms with Crippen LogP contribution in [0.1, 0.15) is 25.3 Å². The van der Waals surface area contributed by atoms with Crippen LogP contribution in [0.3, 0.4) is 0 Å². The Hall–Kier alpha value is -2.10. The average Bonchev–Trinajstić information content (AvgIpc) is 3.28. The molecule has 0 aromatic heterocycles. The Labute approximate surface area is 124 Å². The third-order valence-electron chi connectivity index (χ3n) is 3.78. The minimum absolute atomic E-state index is 0.150. The van der Waals surface area contributed by atoms with Gasteiger partial charge < -0.3 is 10.4 Å².